The summed E-state index contributed by atoms with van der Waals surface area (Å²) in [6.07, 6.45) is 2.86. The molecule has 0 bridgehead atoms. The van der Waals surface area contributed by atoms with Crippen molar-refractivity contribution in [3.63, 3.8) is 0 Å². The van der Waals surface area contributed by atoms with Crippen LogP contribution in [0.3, 0.4) is 0 Å². The molecule has 9 heteroatoms. The van der Waals surface area contributed by atoms with Crippen molar-refractivity contribution in [2.45, 2.75) is 19.9 Å². The lowest BCUT2D eigenvalue weighted by Gasteiger charge is -2.12. The molecule has 2 aromatic heterocycles. The number of carbonyl (C=O) groups is 2. The third-order valence-corrected chi connectivity index (χ3v) is 4.96. The third-order valence-electron chi connectivity index (χ3n) is 4.73. The number of amides is 2. The number of hydrogen-bond donors (Lipinski definition) is 2. The van der Waals surface area contributed by atoms with Crippen LogP contribution in [-0.2, 0) is 4.79 Å². The van der Waals surface area contributed by atoms with E-state index >= 15 is 0 Å². The Morgan fingerprint density at radius 1 is 1.10 bits per heavy atom. The molecule has 30 heavy (non-hydrogen) atoms. The number of aromatic nitrogens is 3. The summed E-state index contributed by atoms with van der Waals surface area (Å²) in [4.78, 5) is 28.8. The average molecular weight is 424 g/mol. The van der Waals surface area contributed by atoms with Gasteiger partial charge in [-0.2, -0.15) is 5.10 Å². The lowest BCUT2D eigenvalue weighted by molar-refractivity contribution is -0.119. The fourth-order valence-corrected chi connectivity index (χ4v) is 3.19. The first-order valence-corrected chi connectivity index (χ1v) is 9.55. The van der Waals surface area contributed by atoms with Gasteiger partial charge in [-0.1, -0.05) is 11.6 Å². The molecule has 2 N–H and O–H groups in total. The van der Waals surface area contributed by atoms with Gasteiger partial charge in [0.2, 0.25) is 5.91 Å². The number of nitrogens with one attached hydrogen (secondary N) is 2. The van der Waals surface area contributed by atoms with Crippen molar-refractivity contribution in [2.24, 2.45) is 0 Å². The molecule has 0 fully saturated rings. The van der Waals surface area contributed by atoms with E-state index in [1.54, 1.807) is 49.4 Å². The molecular weight excluding hydrogens is 406 g/mol. The molecule has 0 saturated carbocycles. The zero-order valence-electron chi connectivity index (χ0n) is 16.2. The molecule has 4 rings (SSSR count). The second kappa shape index (κ2) is 8.00. The molecule has 0 aliphatic rings. The first-order valence-electron chi connectivity index (χ1n) is 9.17. The van der Waals surface area contributed by atoms with Crippen LogP contribution in [0, 0.1) is 6.92 Å². The summed E-state index contributed by atoms with van der Waals surface area (Å²) in [6.45, 7) is 3.54. The van der Waals surface area contributed by atoms with E-state index in [1.165, 1.54) is 17.3 Å². The Kier molecular flexibility index (Phi) is 5.24. The summed E-state index contributed by atoms with van der Waals surface area (Å²) in [5.74, 6) is -0.364. The maximum Gasteiger partial charge on any atom is 0.291 e. The number of nitrogens with zero attached hydrogens (tertiary/aromatic N) is 3. The number of halogens is 1. The van der Waals surface area contributed by atoms with Gasteiger partial charge in [-0.05, 0) is 56.3 Å². The predicted molar refractivity (Wildman–Crippen MR) is 114 cm³/mol. The molecule has 2 aromatic carbocycles. The van der Waals surface area contributed by atoms with E-state index in [0.717, 1.165) is 10.9 Å². The van der Waals surface area contributed by atoms with Gasteiger partial charge in [0.1, 0.15) is 24.3 Å². The van der Waals surface area contributed by atoms with Gasteiger partial charge in [0.15, 0.2) is 5.76 Å². The third kappa shape index (κ3) is 3.90. The summed E-state index contributed by atoms with van der Waals surface area (Å²) in [6, 6.07) is 11.5. The van der Waals surface area contributed by atoms with Crippen LogP contribution in [0.1, 0.15) is 29.1 Å². The van der Waals surface area contributed by atoms with Gasteiger partial charge in [0.05, 0.1) is 0 Å². The Morgan fingerprint density at radius 3 is 2.47 bits per heavy atom. The highest BCUT2D eigenvalue weighted by molar-refractivity contribution is 6.31. The van der Waals surface area contributed by atoms with Crippen LogP contribution in [0.25, 0.3) is 11.0 Å². The van der Waals surface area contributed by atoms with Crippen molar-refractivity contribution in [3.05, 3.63) is 71.5 Å². The Balaban J connectivity index is 1.44. The van der Waals surface area contributed by atoms with Crippen LogP contribution in [0.15, 0.2) is 59.5 Å². The van der Waals surface area contributed by atoms with Crippen LogP contribution < -0.4 is 10.6 Å². The SMILES string of the molecule is Cc1c(C(=O)Nc2ccc(NC(=O)C(C)n3cncn3)cc2)oc2ccc(Cl)cc12. The standard InChI is InChI=1S/C21H18ClN5O3/c1-12-17-9-14(22)3-8-18(17)30-19(12)21(29)26-16-6-4-15(5-7-16)25-20(28)13(2)27-11-23-10-24-27/h3-11,13H,1-2H3,(H,25,28)(H,26,29). The lowest BCUT2D eigenvalue weighted by Crippen LogP contribution is -2.24. The van der Waals surface area contributed by atoms with Crippen molar-refractivity contribution in [2.75, 3.05) is 10.6 Å². The molecular formula is C21H18ClN5O3. The van der Waals surface area contributed by atoms with Crippen molar-refractivity contribution >= 4 is 45.8 Å². The van der Waals surface area contributed by atoms with Crippen LogP contribution >= 0.6 is 11.6 Å². The number of fused-ring (bicyclic) bond motifs is 1. The normalized spacial score (nSPS) is 12.0. The zero-order chi connectivity index (χ0) is 21.3. The van der Waals surface area contributed by atoms with Crippen molar-refractivity contribution < 1.29 is 14.0 Å². The molecule has 0 radical (unpaired) electrons. The molecule has 0 aliphatic carbocycles. The van der Waals surface area contributed by atoms with Gasteiger partial charge in [-0.3, -0.25) is 9.59 Å². The van der Waals surface area contributed by atoms with Crippen LogP contribution in [0.4, 0.5) is 11.4 Å². The number of rotatable bonds is 5. The topological polar surface area (TPSA) is 102 Å². The van der Waals surface area contributed by atoms with Crippen molar-refractivity contribution in [1.29, 1.82) is 0 Å². The number of carbonyl (C=O) groups excluding carboxylic acids is 2. The average Bonchev–Trinajstić information content (AvgIpc) is 3.38. The second-order valence-electron chi connectivity index (χ2n) is 6.77. The van der Waals surface area contributed by atoms with E-state index in [1.807, 2.05) is 6.92 Å². The Bertz CT molecular complexity index is 1220. The molecule has 2 amide bonds. The highest BCUT2D eigenvalue weighted by atomic mass is 35.5. The summed E-state index contributed by atoms with van der Waals surface area (Å²) in [5.41, 5.74) is 2.48. The van der Waals surface area contributed by atoms with Crippen LogP contribution in [-0.4, -0.2) is 26.6 Å². The minimum absolute atomic E-state index is 0.228. The maximum absolute atomic E-state index is 12.6. The number of benzene rings is 2. The van der Waals surface area contributed by atoms with E-state index in [2.05, 4.69) is 20.7 Å². The molecule has 0 aliphatic heterocycles. The summed E-state index contributed by atoms with van der Waals surface area (Å²) in [5, 5.41) is 10.9. The smallest absolute Gasteiger partial charge is 0.291 e. The Labute approximate surface area is 176 Å². The van der Waals surface area contributed by atoms with E-state index in [4.69, 9.17) is 16.0 Å². The molecule has 1 atom stereocenters. The van der Waals surface area contributed by atoms with Gasteiger partial charge in [0.25, 0.3) is 5.91 Å². The minimum Gasteiger partial charge on any atom is -0.451 e. The molecule has 4 aromatic rings. The Morgan fingerprint density at radius 2 is 1.80 bits per heavy atom. The maximum atomic E-state index is 12.6. The first kappa shape index (κ1) is 19.7. The molecule has 8 nitrogen and oxygen atoms in total. The fourth-order valence-electron chi connectivity index (χ4n) is 3.02. The number of anilines is 2. The van der Waals surface area contributed by atoms with Gasteiger partial charge in [-0.15, -0.1) is 0 Å². The van der Waals surface area contributed by atoms with Crippen molar-refractivity contribution in [3.8, 4) is 0 Å². The highest BCUT2D eigenvalue weighted by Gasteiger charge is 2.19. The van der Waals surface area contributed by atoms with E-state index < -0.39 is 6.04 Å². The number of furan rings is 1. The van der Waals surface area contributed by atoms with Crippen LogP contribution in [0.5, 0.6) is 0 Å². The highest BCUT2D eigenvalue weighted by Crippen LogP contribution is 2.28. The van der Waals surface area contributed by atoms with Gasteiger partial charge >= 0.3 is 0 Å². The van der Waals surface area contributed by atoms with Crippen LogP contribution in [0.2, 0.25) is 5.02 Å². The van der Waals surface area contributed by atoms with Gasteiger partial charge < -0.3 is 15.1 Å². The van der Waals surface area contributed by atoms with E-state index in [-0.39, 0.29) is 17.6 Å². The summed E-state index contributed by atoms with van der Waals surface area (Å²) < 4.78 is 7.15. The quantitative estimate of drug-likeness (QED) is 0.494. The molecule has 2 heterocycles. The van der Waals surface area contributed by atoms with Gasteiger partial charge in [0, 0.05) is 27.3 Å². The van der Waals surface area contributed by atoms with Crippen molar-refractivity contribution in [1.82, 2.24) is 14.8 Å². The lowest BCUT2D eigenvalue weighted by atomic mass is 10.1. The van der Waals surface area contributed by atoms with E-state index in [0.29, 0.717) is 22.0 Å². The second-order valence-corrected chi connectivity index (χ2v) is 7.21. The van der Waals surface area contributed by atoms with Gasteiger partial charge in [-0.25, -0.2) is 9.67 Å². The minimum atomic E-state index is -0.503. The first-order chi connectivity index (χ1) is 14.4. The predicted octanol–water partition coefficient (Wildman–Crippen LogP) is 4.44. The molecule has 0 spiro atoms. The largest absolute Gasteiger partial charge is 0.451 e. The molecule has 1 unspecified atom stereocenters. The fraction of sp³-hybridized carbons (Fsp3) is 0.143. The number of aryl methyl sites for hydroxylation is 1. The zero-order valence-corrected chi connectivity index (χ0v) is 17.0. The Hall–Kier alpha value is -3.65. The molecule has 152 valence electrons. The molecule has 0 saturated heterocycles. The number of hydrogen-bond acceptors (Lipinski definition) is 5. The summed E-state index contributed by atoms with van der Waals surface area (Å²) >= 11 is 6.03. The van der Waals surface area contributed by atoms with E-state index in [9.17, 15) is 9.59 Å². The monoisotopic (exact) mass is 423 g/mol. The summed E-state index contributed by atoms with van der Waals surface area (Å²) in [7, 11) is 0.